The van der Waals surface area contributed by atoms with Crippen molar-refractivity contribution in [2.45, 2.75) is 31.8 Å². The molecule has 0 atom stereocenters. The molecule has 4 heterocycles. The van der Waals surface area contributed by atoms with E-state index < -0.39 is 0 Å². The second-order valence-electron chi connectivity index (χ2n) is 7.40. The van der Waals surface area contributed by atoms with Crippen LogP contribution in [0.4, 0.5) is 5.69 Å². The molecule has 0 saturated carbocycles. The first-order valence-electron chi connectivity index (χ1n) is 10.0. The predicted octanol–water partition coefficient (Wildman–Crippen LogP) is 0.838. The van der Waals surface area contributed by atoms with Gasteiger partial charge in [-0.1, -0.05) is 29.2 Å². The van der Waals surface area contributed by atoms with Crippen LogP contribution in [-0.4, -0.2) is 11.6 Å². The average Bonchev–Trinajstić information content (AvgIpc) is 3.52. The average molecular weight is 520 g/mol. The molecule has 0 radical (unpaired) electrons. The predicted molar refractivity (Wildman–Crippen MR) is 134 cm³/mol. The summed E-state index contributed by atoms with van der Waals surface area (Å²) in [6, 6.07) is 8.62. The first kappa shape index (κ1) is 23.3. The van der Waals surface area contributed by atoms with Crippen LogP contribution in [-0.2, 0) is 13.1 Å². The lowest BCUT2D eigenvalue weighted by Gasteiger charge is -2.12. The van der Waals surface area contributed by atoms with Crippen LogP contribution in [0.15, 0.2) is 56.3 Å². The summed E-state index contributed by atoms with van der Waals surface area (Å²) >= 11 is 6.71. The molecule has 0 spiro atoms. The third-order valence-electron chi connectivity index (χ3n) is 5.30. The number of fused-ring (bicyclic) bond motifs is 1. The zero-order valence-electron chi connectivity index (χ0n) is 17.9. The molecular formula is C23H22ClN3OS4. The number of hydrogen-bond donors (Lipinski definition) is 0. The molecule has 0 fully saturated rings. The highest BCUT2D eigenvalue weighted by Gasteiger charge is 2.25. The minimum atomic E-state index is 0. The van der Waals surface area contributed by atoms with Gasteiger partial charge in [-0.15, -0.1) is 11.3 Å². The fraction of sp³-hybridized carbons (Fsp3) is 0.217. The normalized spacial score (nSPS) is 15.2. The van der Waals surface area contributed by atoms with Crippen LogP contribution in [0.3, 0.4) is 0 Å². The Balaban J connectivity index is 0.00000245. The maximum Gasteiger partial charge on any atom is 0.271 e. The minimum Gasteiger partial charge on any atom is -1.00 e. The van der Waals surface area contributed by atoms with Crippen molar-refractivity contribution in [1.29, 1.82) is 0 Å². The Morgan fingerprint density at radius 2 is 2.03 bits per heavy atom. The van der Waals surface area contributed by atoms with Gasteiger partial charge < -0.3 is 17.3 Å². The van der Waals surface area contributed by atoms with E-state index in [1.807, 2.05) is 11.5 Å². The molecular weight excluding hydrogens is 498 g/mol. The Morgan fingerprint density at radius 1 is 1.19 bits per heavy atom. The second kappa shape index (κ2) is 9.57. The Kier molecular flexibility index (Phi) is 6.97. The standard InChI is InChI=1S/C23H22N3OS4.ClH/c1-4-26-20(12-19-25(8-10-29-19)13-16-7-9-28-14-16)31-21(22(26)27)23-24(3)17-6-5-15(2)11-18(17)30-23;/h5-12,14H,4,13H2,1-3H3;1H/q+1;/p-1/b23-21+;. The van der Waals surface area contributed by atoms with Gasteiger partial charge in [0.2, 0.25) is 0 Å². The van der Waals surface area contributed by atoms with Gasteiger partial charge in [0.05, 0.1) is 17.1 Å². The van der Waals surface area contributed by atoms with Crippen molar-refractivity contribution in [3.63, 3.8) is 0 Å². The number of thiazole rings is 2. The number of rotatable bonds is 4. The van der Waals surface area contributed by atoms with Gasteiger partial charge in [-0.3, -0.25) is 9.36 Å². The molecule has 166 valence electrons. The quantitative estimate of drug-likeness (QED) is 0.374. The summed E-state index contributed by atoms with van der Waals surface area (Å²) in [5.41, 5.74) is 3.80. The highest BCUT2D eigenvalue weighted by Crippen LogP contribution is 2.45. The molecule has 0 N–H and O–H groups in total. The summed E-state index contributed by atoms with van der Waals surface area (Å²) in [6.45, 7) is 5.65. The summed E-state index contributed by atoms with van der Waals surface area (Å²) < 4.78 is 5.95. The van der Waals surface area contributed by atoms with E-state index in [0.29, 0.717) is 6.54 Å². The number of aromatic nitrogens is 2. The van der Waals surface area contributed by atoms with Crippen LogP contribution >= 0.6 is 45.8 Å². The summed E-state index contributed by atoms with van der Waals surface area (Å²) in [5, 5.41) is 8.57. The van der Waals surface area contributed by atoms with Crippen LogP contribution in [0, 0.1) is 6.92 Å². The number of anilines is 1. The lowest BCUT2D eigenvalue weighted by atomic mass is 10.2. The van der Waals surface area contributed by atoms with Crippen LogP contribution in [0.5, 0.6) is 0 Å². The Bertz CT molecular complexity index is 1430. The van der Waals surface area contributed by atoms with Gasteiger partial charge in [-0.25, -0.2) is 0 Å². The van der Waals surface area contributed by atoms with Gasteiger partial charge in [0, 0.05) is 29.4 Å². The summed E-state index contributed by atoms with van der Waals surface area (Å²) in [4.78, 5) is 16.7. The van der Waals surface area contributed by atoms with Crippen molar-refractivity contribution < 1.29 is 17.0 Å². The summed E-state index contributed by atoms with van der Waals surface area (Å²) in [6.07, 6.45) is 4.28. The molecule has 1 aliphatic rings. The molecule has 5 rings (SSSR count). The maximum absolute atomic E-state index is 13.3. The van der Waals surface area contributed by atoms with Crippen LogP contribution < -0.4 is 36.6 Å². The summed E-state index contributed by atoms with van der Waals surface area (Å²) in [5.74, 6) is 0. The van der Waals surface area contributed by atoms with E-state index in [2.05, 4.69) is 76.1 Å². The number of thiophene rings is 1. The smallest absolute Gasteiger partial charge is 0.271 e. The first-order valence-corrected chi connectivity index (χ1v) is 13.5. The molecule has 0 aliphatic carbocycles. The van der Waals surface area contributed by atoms with Crippen LogP contribution in [0.1, 0.15) is 23.1 Å². The number of thioether (sulfide) groups is 1. The van der Waals surface area contributed by atoms with Gasteiger partial charge in [0.25, 0.3) is 10.6 Å². The van der Waals surface area contributed by atoms with Crippen molar-refractivity contribution >= 4 is 62.6 Å². The zero-order valence-corrected chi connectivity index (χ0v) is 21.9. The Hall–Kier alpha value is -1.84. The largest absolute Gasteiger partial charge is 1.00 e. The highest BCUT2D eigenvalue weighted by molar-refractivity contribution is 8.08. The number of aryl methyl sites for hydroxylation is 1. The van der Waals surface area contributed by atoms with Gasteiger partial charge in [0.15, 0.2) is 12.7 Å². The molecule has 0 saturated heterocycles. The molecule has 3 aromatic heterocycles. The number of halogens is 1. The van der Waals surface area contributed by atoms with Gasteiger partial charge in [0.1, 0.15) is 14.2 Å². The molecule has 1 aromatic carbocycles. The van der Waals surface area contributed by atoms with Crippen molar-refractivity contribution in [2.75, 3.05) is 11.9 Å². The molecule has 4 aromatic rings. The molecule has 4 nitrogen and oxygen atoms in total. The molecule has 32 heavy (non-hydrogen) atoms. The Labute approximate surface area is 209 Å². The lowest BCUT2D eigenvalue weighted by molar-refractivity contribution is -0.685. The van der Waals surface area contributed by atoms with Crippen molar-refractivity contribution in [3.8, 4) is 0 Å². The van der Waals surface area contributed by atoms with E-state index in [1.165, 1.54) is 21.7 Å². The van der Waals surface area contributed by atoms with E-state index >= 15 is 0 Å². The van der Waals surface area contributed by atoms with Crippen molar-refractivity contribution in [3.05, 3.63) is 82.3 Å². The highest BCUT2D eigenvalue weighted by atomic mass is 35.5. The van der Waals surface area contributed by atoms with Crippen molar-refractivity contribution in [1.82, 2.24) is 4.57 Å². The fourth-order valence-electron chi connectivity index (χ4n) is 3.68. The minimum absolute atomic E-state index is 0. The lowest BCUT2D eigenvalue weighted by Crippen LogP contribution is -3.00. The SMILES string of the molecule is CCn1c(=O)/c(=C2\Sc3cc(C)ccc3N2C)s/c1=C\c1scc[n+]1Cc1ccsc1.[Cl-]. The third kappa shape index (κ3) is 4.22. The monoisotopic (exact) mass is 519 g/mol. The number of benzene rings is 1. The molecule has 0 bridgehead atoms. The first-order chi connectivity index (χ1) is 15.0. The van der Waals surface area contributed by atoms with Gasteiger partial charge in [-0.05, 0) is 43.0 Å². The van der Waals surface area contributed by atoms with E-state index in [0.717, 1.165) is 25.8 Å². The van der Waals surface area contributed by atoms with E-state index in [-0.39, 0.29) is 18.0 Å². The zero-order chi connectivity index (χ0) is 21.5. The second-order valence-corrected chi connectivity index (χ2v) is 11.2. The van der Waals surface area contributed by atoms with Gasteiger partial charge >= 0.3 is 0 Å². The van der Waals surface area contributed by atoms with E-state index in [4.69, 9.17) is 0 Å². The van der Waals surface area contributed by atoms with Crippen LogP contribution in [0.2, 0.25) is 0 Å². The third-order valence-corrected chi connectivity index (χ3v) is 9.35. The number of nitrogens with zero attached hydrogens (tertiary/aromatic N) is 3. The van der Waals surface area contributed by atoms with Crippen LogP contribution in [0.25, 0.3) is 11.1 Å². The van der Waals surface area contributed by atoms with E-state index in [1.54, 1.807) is 45.8 Å². The topological polar surface area (TPSA) is 29.1 Å². The molecule has 0 unspecified atom stereocenters. The number of hydrogen-bond acceptors (Lipinski definition) is 6. The van der Waals surface area contributed by atoms with Crippen molar-refractivity contribution in [2.24, 2.45) is 0 Å². The van der Waals surface area contributed by atoms with E-state index in [9.17, 15) is 4.79 Å². The molecule has 1 aliphatic heterocycles. The maximum atomic E-state index is 13.3. The summed E-state index contributed by atoms with van der Waals surface area (Å²) in [7, 11) is 2.05. The molecule has 9 heteroatoms. The molecule has 0 amide bonds. The Morgan fingerprint density at radius 3 is 2.78 bits per heavy atom. The van der Waals surface area contributed by atoms with Gasteiger partial charge in [-0.2, -0.15) is 15.9 Å². The fourth-order valence-corrected chi connectivity index (χ4v) is 7.75.